The Bertz CT molecular complexity index is 1160. The summed E-state index contributed by atoms with van der Waals surface area (Å²) in [5.41, 5.74) is 2.79. The van der Waals surface area contributed by atoms with E-state index in [9.17, 15) is 14.0 Å². The average molecular weight is 348 g/mol. The first kappa shape index (κ1) is 15.8. The van der Waals surface area contributed by atoms with Gasteiger partial charge < -0.3 is 9.73 Å². The number of H-pyrrole nitrogens is 1. The summed E-state index contributed by atoms with van der Waals surface area (Å²) in [6.45, 7) is 0. The molecule has 0 aliphatic carbocycles. The number of rotatable bonds is 3. The van der Waals surface area contributed by atoms with Crippen LogP contribution in [-0.4, -0.2) is 10.9 Å². The van der Waals surface area contributed by atoms with E-state index in [-0.39, 0.29) is 5.56 Å². The molecule has 1 aromatic heterocycles. The van der Waals surface area contributed by atoms with Crippen molar-refractivity contribution in [1.82, 2.24) is 4.98 Å². The van der Waals surface area contributed by atoms with E-state index in [4.69, 9.17) is 4.42 Å². The van der Waals surface area contributed by atoms with Crippen molar-refractivity contribution in [3.05, 3.63) is 88.7 Å². The van der Waals surface area contributed by atoms with Crippen LogP contribution in [0.4, 0.5) is 10.1 Å². The van der Waals surface area contributed by atoms with Gasteiger partial charge in [-0.1, -0.05) is 36.4 Å². The third kappa shape index (κ3) is 3.00. The highest BCUT2D eigenvalue weighted by atomic mass is 19.1. The molecule has 5 nitrogen and oxygen atoms in total. The van der Waals surface area contributed by atoms with Gasteiger partial charge in [0.05, 0.1) is 11.1 Å². The quantitative estimate of drug-likeness (QED) is 0.583. The topological polar surface area (TPSA) is 75.1 Å². The molecule has 3 aromatic carbocycles. The lowest BCUT2D eigenvalue weighted by atomic mass is 10.0. The number of aromatic amines is 1. The van der Waals surface area contributed by atoms with E-state index >= 15 is 0 Å². The van der Waals surface area contributed by atoms with Crippen LogP contribution in [0.3, 0.4) is 0 Å². The first-order chi connectivity index (χ1) is 12.6. The molecule has 0 fully saturated rings. The summed E-state index contributed by atoms with van der Waals surface area (Å²) in [5.74, 6) is -1.78. The van der Waals surface area contributed by atoms with Crippen molar-refractivity contribution < 1.29 is 13.6 Å². The van der Waals surface area contributed by atoms with E-state index in [2.05, 4.69) is 10.3 Å². The summed E-state index contributed by atoms with van der Waals surface area (Å²) in [6.07, 6.45) is 0. The second kappa shape index (κ2) is 6.33. The highest BCUT2D eigenvalue weighted by Gasteiger charge is 2.14. The van der Waals surface area contributed by atoms with Crippen LogP contribution in [0, 0.1) is 5.82 Å². The molecular formula is C20H13FN2O3. The van der Waals surface area contributed by atoms with Gasteiger partial charge in [0.1, 0.15) is 5.82 Å². The molecule has 0 spiro atoms. The Balaban J connectivity index is 1.65. The minimum absolute atomic E-state index is 0.0676. The van der Waals surface area contributed by atoms with Crippen molar-refractivity contribution in [2.75, 3.05) is 5.32 Å². The lowest BCUT2D eigenvalue weighted by Crippen LogP contribution is -2.13. The monoisotopic (exact) mass is 348 g/mol. The standard InChI is InChI=1S/C20H13FN2O3/c21-16-8-6-13(12-4-2-1-3-5-12)10-15(16)19(24)22-14-7-9-17-18(11-14)26-20(25)23-17/h1-11H,(H,22,24)(H,23,25). The Kier molecular flexibility index (Phi) is 3.85. The molecule has 4 rings (SSSR count). The number of carbonyl (C=O) groups is 1. The summed E-state index contributed by atoms with van der Waals surface area (Å²) >= 11 is 0. The van der Waals surface area contributed by atoms with E-state index in [1.54, 1.807) is 18.2 Å². The number of benzene rings is 3. The highest BCUT2D eigenvalue weighted by Crippen LogP contribution is 2.23. The smallest absolute Gasteiger partial charge is 0.408 e. The van der Waals surface area contributed by atoms with Crippen LogP contribution in [-0.2, 0) is 0 Å². The maximum atomic E-state index is 14.2. The van der Waals surface area contributed by atoms with Crippen LogP contribution in [0.15, 0.2) is 75.9 Å². The second-order valence-corrected chi connectivity index (χ2v) is 5.74. The van der Waals surface area contributed by atoms with Crippen molar-refractivity contribution in [2.24, 2.45) is 0 Å². The van der Waals surface area contributed by atoms with Gasteiger partial charge in [-0.2, -0.15) is 0 Å². The van der Waals surface area contributed by atoms with Crippen LogP contribution in [0.1, 0.15) is 10.4 Å². The third-order valence-corrected chi connectivity index (χ3v) is 4.00. The summed E-state index contributed by atoms with van der Waals surface area (Å²) < 4.78 is 19.1. The minimum atomic E-state index is -0.614. The number of fused-ring (bicyclic) bond motifs is 1. The number of halogens is 1. The Morgan fingerprint density at radius 1 is 0.962 bits per heavy atom. The molecule has 0 bridgehead atoms. The molecule has 0 aliphatic rings. The molecule has 1 amide bonds. The van der Waals surface area contributed by atoms with Crippen LogP contribution >= 0.6 is 0 Å². The number of oxazole rings is 1. The van der Waals surface area contributed by atoms with E-state index in [0.717, 1.165) is 11.1 Å². The number of hydrogen-bond donors (Lipinski definition) is 2. The van der Waals surface area contributed by atoms with Crippen LogP contribution in [0.25, 0.3) is 22.2 Å². The third-order valence-electron chi connectivity index (χ3n) is 4.00. The lowest BCUT2D eigenvalue weighted by molar-refractivity contribution is 0.102. The molecule has 0 aliphatic heterocycles. The molecule has 0 saturated carbocycles. The van der Waals surface area contributed by atoms with Gasteiger partial charge in [-0.05, 0) is 35.4 Å². The van der Waals surface area contributed by atoms with Crippen LogP contribution in [0.5, 0.6) is 0 Å². The first-order valence-electron chi connectivity index (χ1n) is 7.89. The fourth-order valence-corrected chi connectivity index (χ4v) is 2.73. The highest BCUT2D eigenvalue weighted by molar-refractivity contribution is 6.05. The molecule has 128 valence electrons. The van der Waals surface area contributed by atoms with Crippen molar-refractivity contribution in [2.45, 2.75) is 0 Å². The van der Waals surface area contributed by atoms with Gasteiger partial charge in [-0.25, -0.2) is 9.18 Å². The SMILES string of the molecule is O=C(Nc1ccc2[nH]c(=O)oc2c1)c1cc(-c2ccccc2)ccc1F. The van der Waals surface area contributed by atoms with Gasteiger partial charge in [-0.3, -0.25) is 9.78 Å². The zero-order chi connectivity index (χ0) is 18.1. The predicted octanol–water partition coefficient (Wildman–Crippen LogP) is 4.18. The van der Waals surface area contributed by atoms with E-state index in [1.165, 1.54) is 18.2 Å². The van der Waals surface area contributed by atoms with Crippen molar-refractivity contribution in [1.29, 1.82) is 0 Å². The van der Waals surface area contributed by atoms with Gasteiger partial charge in [0.25, 0.3) is 5.91 Å². The Morgan fingerprint density at radius 3 is 2.58 bits per heavy atom. The number of carbonyl (C=O) groups excluding carboxylic acids is 1. The first-order valence-corrected chi connectivity index (χ1v) is 7.89. The molecule has 1 heterocycles. The van der Waals surface area contributed by atoms with Crippen LogP contribution in [0.2, 0.25) is 0 Å². The molecule has 0 radical (unpaired) electrons. The minimum Gasteiger partial charge on any atom is -0.408 e. The maximum Gasteiger partial charge on any atom is 0.417 e. The summed E-state index contributed by atoms with van der Waals surface area (Å²) in [4.78, 5) is 26.2. The van der Waals surface area contributed by atoms with Gasteiger partial charge in [0.2, 0.25) is 0 Å². The molecule has 0 unspecified atom stereocenters. The molecule has 0 saturated heterocycles. The van der Waals surface area contributed by atoms with Gasteiger partial charge in [0.15, 0.2) is 5.58 Å². The number of anilines is 1. The Morgan fingerprint density at radius 2 is 1.77 bits per heavy atom. The summed E-state index contributed by atoms with van der Waals surface area (Å²) in [7, 11) is 0. The number of hydrogen-bond acceptors (Lipinski definition) is 3. The molecule has 6 heteroatoms. The van der Waals surface area contributed by atoms with Gasteiger partial charge >= 0.3 is 5.76 Å². The molecular weight excluding hydrogens is 335 g/mol. The molecule has 4 aromatic rings. The zero-order valence-corrected chi connectivity index (χ0v) is 13.5. The van der Waals surface area contributed by atoms with Crippen LogP contribution < -0.4 is 11.1 Å². The van der Waals surface area contributed by atoms with Gasteiger partial charge in [-0.15, -0.1) is 0 Å². The number of amides is 1. The van der Waals surface area contributed by atoms with Crippen molar-refractivity contribution >= 4 is 22.7 Å². The summed E-state index contributed by atoms with van der Waals surface area (Å²) in [6, 6.07) is 18.5. The fraction of sp³-hybridized carbons (Fsp3) is 0. The fourth-order valence-electron chi connectivity index (χ4n) is 2.73. The van der Waals surface area contributed by atoms with Crippen molar-refractivity contribution in [3.8, 4) is 11.1 Å². The molecule has 26 heavy (non-hydrogen) atoms. The maximum absolute atomic E-state index is 14.2. The number of aromatic nitrogens is 1. The predicted molar refractivity (Wildman–Crippen MR) is 96.6 cm³/mol. The van der Waals surface area contributed by atoms with E-state index in [0.29, 0.717) is 16.8 Å². The second-order valence-electron chi connectivity index (χ2n) is 5.74. The largest absolute Gasteiger partial charge is 0.417 e. The molecule has 2 N–H and O–H groups in total. The number of nitrogens with one attached hydrogen (secondary N) is 2. The van der Waals surface area contributed by atoms with Gasteiger partial charge in [0, 0.05) is 11.8 Å². The van der Waals surface area contributed by atoms with Crippen molar-refractivity contribution in [3.63, 3.8) is 0 Å². The average Bonchev–Trinajstić information content (AvgIpc) is 3.02. The van der Waals surface area contributed by atoms with E-state index in [1.807, 2.05) is 30.3 Å². The molecule has 0 atom stereocenters. The lowest BCUT2D eigenvalue weighted by Gasteiger charge is -2.08. The van der Waals surface area contributed by atoms with E-state index < -0.39 is 17.5 Å². The summed E-state index contributed by atoms with van der Waals surface area (Å²) in [5, 5.41) is 2.62. The normalized spacial score (nSPS) is 10.8. The Hall–Kier alpha value is -3.67. The Labute approximate surface area is 147 Å². The zero-order valence-electron chi connectivity index (χ0n) is 13.5.